The van der Waals surface area contributed by atoms with Crippen molar-refractivity contribution in [1.29, 1.82) is 0 Å². The van der Waals surface area contributed by atoms with E-state index in [-0.39, 0.29) is 0 Å². The van der Waals surface area contributed by atoms with E-state index in [4.69, 9.17) is 5.73 Å². The number of aryl methyl sites for hydroxylation is 2. The van der Waals surface area contributed by atoms with Crippen molar-refractivity contribution in [2.45, 2.75) is 20.8 Å². The van der Waals surface area contributed by atoms with E-state index in [2.05, 4.69) is 35.9 Å². The summed E-state index contributed by atoms with van der Waals surface area (Å²) in [6.07, 6.45) is 0. The topological polar surface area (TPSA) is 54.7 Å². The lowest BCUT2D eigenvalue weighted by Crippen LogP contribution is -1.92. The number of hydrogen-bond acceptors (Lipinski definition) is 2. The number of nitrogens with zero attached hydrogens (tertiary/aromatic N) is 1. The van der Waals surface area contributed by atoms with E-state index in [0.29, 0.717) is 0 Å². The Morgan fingerprint density at radius 1 is 1.05 bits per heavy atom. The van der Waals surface area contributed by atoms with E-state index in [1.54, 1.807) is 0 Å². The molecule has 19 heavy (non-hydrogen) atoms. The Labute approximate surface area is 112 Å². The minimum Gasteiger partial charge on any atom is -0.398 e. The molecule has 2 aromatic carbocycles. The van der Waals surface area contributed by atoms with Gasteiger partial charge < -0.3 is 10.7 Å². The number of fused-ring (bicyclic) bond motifs is 1. The molecule has 0 bridgehead atoms. The van der Waals surface area contributed by atoms with Gasteiger partial charge in [-0.2, -0.15) is 0 Å². The molecule has 96 valence electrons. The van der Waals surface area contributed by atoms with Crippen molar-refractivity contribution in [1.82, 2.24) is 9.97 Å². The summed E-state index contributed by atoms with van der Waals surface area (Å²) in [6.45, 7) is 6.24. The Morgan fingerprint density at radius 2 is 1.79 bits per heavy atom. The second-order valence-electron chi connectivity index (χ2n) is 5.06. The molecule has 0 unspecified atom stereocenters. The molecule has 3 N–H and O–H groups in total. The zero-order valence-corrected chi connectivity index (χ0v) is 11.4. The molecule has 0 fully saturated rings. The second kappa shape index (κ2) is 4.12. The van der Waals surface area contributed by atoms with Crippen molar-refractivity contribution in [3.8, 4) is 11.4 Å². The molecule has 1 aromatic heterocycles. The first-order valence-corrected chi connectivity index (χ1v) is 6.38. The van der Waals surface area contributed by atoms with Crippen LogP contribution in [-0.2, 0) is 0 Å². The first-order valence-electron chi connectivity index (χ1n) is 6.38. The maximum absolute atomic E-state index is 5.96. The zero-order valence-electron chi connectivity index (χ0n) is 11.4. The number of nitrogens with two attached hydrogens (primary N) is 1. The SMILES string of the molecule is Cc1cc2nc(-c3cccc(N)c3C)[nH]c2cc1C. The van der Waals surface area contributed by atoms with Gasteiger partial charge in [-0.3, -0.25) is 0 Å². The van der Waals surface area contributed by atoms with Crippen LogP contribution in [0.25, 0.3) is 22.4 Å². The minimum atomic E-state index is 0.797. The van der Waals surface area contributed by atoms with Crippen molar-refractivity contribution in [2.24, 2.45) is 0 Å². The van der Waals surface area contributed by atoms with Crippen LogP contribution in [0, 0.1) is 20.8 Å². The predicted octanol–water partition coefficient (Wildman–Crippen LogP) is 3.74. The first-order chi connectivity index (χ1) is 9.06. The molecular formula is C16H17N3. The highest BCUT2D eigenvalue weighted by molar-refractivity contribution is 5.82. The molecule has 0 spiro atoms. The highest BCUT2D eigenvalue weighted by Crippen LogP contribution is 2.27. The number of rotatable bonds is 1. The molecule has 3 heteroatoms. The van der Waals surface area contributed by atoms with Gasteiger partial charge >= 0.3 is 0 Å². The zero-order chi connectivity index (χ0) is 13.6. The summed E-state index contributed by atoms with van der Waals surface area (Å²) in [5.41, 5.74) is 13.5. The van der Waals surface area contributed by atoms with E-state index < -0.39 is 0 Å². The number of aromatic amines is 1. The fraction of sp³-hybridized carbons (Fsp3) is 0.188. The number of nitrogen functional groups attached to an aromatic ring is 1. The van der Waals surface area contributed by atoms with Crippen LogP contribution in [-0.4, -0.2) is 9.97 Å². The number of aromatic nitrogens is 2. The molecule has 0 aliphatic heterocycles. The number of nitrogens with one attached hydrogen (secondary N) is 1. The van der Waals surface area contributed by atoms with E-state index in [1.165, 1.54) is 11.1 Å². The maximum atomic E-state index is 5.96. The van der Waals surface area contributed by atoms with Gasteiger partial charge in [-0.05, 0) is 55.7 Å². The summed E-state index contributed by atoms with van der Waals surface area (Å²) in [5.74, 6) is 0.879. The van der Waals surface area contributed by atoms with Crippen LogP contribution in [0.3, 0.4) is 0 Å². The van der Waals surface area contributed by atoms with E-state index in [1.807, 2.05) is 25.1 Å². The molecule has 3 aromatic rings. The second-order valence-corrected chi connectivity index (χ2v) is 5.06. The quantitative estimate of drug-likeness (QED) is 0.647. The monoisotopic (exact) mass is 251 g/mol. The molecular weight excluding hydrogens is 234 g/mol. The summed E-state index contributed by atoms with van der Waals surface area (Å²) < 4.78 is 0. The van der Waals surface area contributed by atoms with Gasteiger partial charge in [-0.15, -0.1) is 0 Å². The lowest BCUT2D eigenvalue weighted by atomic mass is 10.1. The van der Waals surface area contributed by atoms with Gasteiger partial charge in [0.25, 0.3) is 0 Å². The summed E-state index contributed by atoms with van der Waals surface area (Å²) in [5, 5.41) is 0. The highest BCUT2D eigenvalue weighted by atomic mass is 14.9. The standard InChI is InChI=1S/C16H17N3/c1-9-7-14-15(8-10(9)2)19-16(18-14)12-5-4-6-13(17)11(12)3/h4-8H,17H2,1-3H3,(H,18,19). The number of imidazole rings is 1. The van der Waals surface area contributed by atoms with E-state index in [9.17, 15) is 0 Å². The lowest BCUT2D eigenvalue weighted by Gasteiger charge is -2.04. The third kappa shape index (κ3) is 1.87. The van der Waals surface area contributed by atoms with Gasteiger partial charge in [-0.1, -0.05) is 12.1 Å². The average Bonchev–Trinajstić information content (AvgIpc) is 2.76. The Morgan fingerprint density at radius 3 is 2.58 bits per heavy atom. The Balaban J connectivity index is 2.23. The largest absolute Gasteiger partial charge is 0.398 e. The van der Waals surface area contributed by atoms with E-state index in [0.717, 1.165) is 33.7 Å². The molecule has 0 amide bonds. The third-order valence-corrected chi connectivity index (χ3v) is 3.73. The predicted molar refractivity (Wildman–Crippen MR) is 80.2 cm³/mol. The fourth-order valence-electron chi connectivity index (χ4n) is 2.31. The number of benzene rings is 2. The van der Waals surface area contributed by atoms with Crippen molar-refractivity contribution >= 4 is 16.7 Å². The van der Waals surface area contributed by atoms with Crippen LogP contribution in [0.1, 0.15) is 16.7 Å². The van der Waals surface area contributed by atoms with E-state index >= 15 is 0 Å². The van der Waals surface area contributed by atoms with Crippen molar-refractivity contribution in [2.75, 3.05) is 5.73 Å². The van der Waals surface area contributed by atoms with Crippen LogP contribution in [0.5, 0.6) is 0 Å². The maximum Gasteiger partial charge on any atom is 0.138 e. The molecule has 0 radical (unpaired) electrons. The molecule has 3 nitrogen and oxygen atoms in total. The molecule has 0 aliphatic carbocycles. The average molecular weight is 251 g/mol. The van der Waals surface area contributed by atoms with Crippen molar-refractivity contribution < 1.29 is 0 Å². The molecule has 0 saturated carbocycles. The summed E-state index contributed by atoms with van der Waals surface area (Å²) in [6, 6.07) is 10.2. The highest BCUT2D eigenvalue weighted by Gasteiger charge is 2.10. The van der Waals surface area contributed by atoms with Gasteiger partial charge in [0.05, 0.1) is 11.0 Å². The molecule has 3 rings (SSSR count). The van der Waals surface area contributed by atoms with Gasteiger partial charge in [-0.25, -0.2) is 4.98 Å². The van der Waals surface area contributed by atoms with Crippen LogP contribution in [0.15, 0.2) is 30.3 Å². The Bertz CT molecular complexity index is 730. The van der Waals surface area contributed by atoms with Crippen molar-refractivity contribution in [3.05, 3.63) is 47.0 Å². The van der Waals surface area contributed by atoms with Crippen LogP contribution >= 0.6 is 0 Å². The number of anilines is 1. The fourth-order valence-corrected chi connectivity index (χ4v) is 2.31. The Kier molecular flexibility index (Phi) is 2.56. The first kappa shape index (κ1) is 11.8. The van der Waals surface area contributed by atoms with Crippen LogP contribution in [0.2, 0.25) is 0 Å². The van der Waals surface area contributed by atoms with Gasteiger partial charge in [0.15, 0.2) is 0 Å². The van der Waals surface area contributed by atoms with Crippen LogP contribution < -0.4 is 5.73 Å². The molecule has 0 aliphatic rings. The normalized spacial score (nSPS) is 11.1. The van der Waals surface area contributed by atoms with Gasteiger partial charge in [0, 0.05) is 11.3 Å². The molecule has 0 saturated heterocycles. The smallest absolute Gasteiger partial charge is 0.138 e. The van der Waals surface area contributed by atoms with Gasteiger partial charge in [0.2, 0.25) is 0 Å². The molecule has 0 atom stereocenters. The minimum absolute atomic E-state index is 0.797. The van der Waals surface area contributed by atoms with Crippen LogP contribution in [0.4, 0.5) is 5.69 Å². The van der Waals surface area contributed by atoms with Gasteiger partial charge in [0.1, 0.15) is 5.82 Å². The third-order valence-electron chi connectivity index (χ3n) is 3.73. The number of hydrogen-bond donors (Lipinski definition) is 2. The summed E-state index contributed by atoms with van der Waals surface area (Å²) in [4.78, 5) is 8.06. The number of H-pyrrole nitrogens is 1. The Hall–Kier alpha value is -2.29. The van der Waals surface area contributed by atoms with Crippen molar-refractivity contribution in [3.63, 3.8) is 0 Å². The molecule has 1 heterocycles. The lowest BCUT2D eigenvalue weighted by molar-refractivity contribution is 1.31. The summed E-state index contributed by atoms with van der Waals surface area (Å²) in [7, 11) is 0. The summed E-state index contributed by atoms with van der Waals surface area (Å²) >= 11 is 0.